The van der Waals surface area contributed by atoms with Crippen LogP contribution in [0, 0.1) is 0 Å². The summed E-state index contributed by atoms with van der Waals surface area (Å²) in [5.74, 6) is 0. The molecule has 28 heavy (non-hydrogen) atoms. The van der Waals surface area contributed by atoms with E-state index in [1.807, 2.05) is 6.07 Å². The van der Waals surface area contributed by atoms with Gasteiger partial charge in [-0.15, -0.1) is 0 Å². The number of anilines is 1. The zero-order chi connectivity index (χ0) is 19.7. The topological polar surface area (TPSA) is 51.8 Å². The number of fused-ring (bicyclic) bond motifs is 1. The number of halogens is 3. The average Bonchev–Trinajstić information content (AvgIpc) is 2.68. The number of pyridine rings is 2. The van der Waals surface area contributed by atoms with E-state index in [0.717, 1.165) is 5.39 Å². The summed E-state index contributed by atoms with van der Waals surface area (Å²) in [4.78, 5) is 8.42. The molecule has 0 aliphatic heterocycles. The minimum absolute atomic E-state index is 0.0408. The van der Waals surface area contributed by atoms with Gasteiger partial charge in [0.1, 0.15) is 0 Å². The maximum Gasteiger partial charge on any atom is 0.417 e. The molecule has 2 aromatic carbocycles. The van der Waals surface area contributed by atoms with Gasteiger partial charge in [-0.2, -0.15) is 13.2 Å². The number of alkyl halides is 3. The van der Waals surface area contributed by atoms with Crippen LogP contribution in [-0.4, -0.2) is 9.97 Å². The average molecular weight is 379 g/mol. The lowest BCUT2D eigenvalue weighted by Crippen LogP contribution is -2.12. The van der Waals surface area contributed by atoms with E-state index in [1.54, 1.807) is 54.9 Å². The van der Waals surface area contributed by atoms with Gasteiger partial charge in [-0.3, -0.25) is 4.98 Å². The maximum absolute atomic E-state index is 14.0. The number of nitrogen functional groups attached to an aromatic ring is 1. The Balaban J connectivity index is 1.90. The van der Waals surface area contributed by atoms with Crippen molar-refractivity contribution in [2.45, 2.75) is 12.6 Å². The molecule has 2 aromatic heterocycles. The third kappa shape index (κ3) is 3.41. The fraction of sp³-hybridized carbons (Fsp3) is 0.0909. The van der Waals surface area contributed by atoms with Crippen molar-refractivity contribution in [3.8, 4) is 11.3 Å². The third-order valence-electron chi connectivity index (χ3n) is 4.58. The lowest BCUT2D eigenvalue weighted by Gasteiger charge is -2.18. The smallest absolute Gasteiger partial charge is 0.397 e. The van der Waals surface area contributed by atoms with Gasteiger partial charge in [0.05, 0.1) is 22.5 Å². The van der Waals surface area contributed by atoms with Crippen LogP contribution in [0.25, 0.3) is 22.2 Å². The fourth-order valence-electron chi connectivity index (χ4n) is 3.34. The van der Waals surface area contributed by atoms with Crippen LogP contribution in [-0.2, 0) is 12.6 Å². The molecular weight excluding hydrogens is 363 g/mol. The largest absolute Gasteiger partial charge is 0.417 e. The van der Waals surface area contributed by atoms with Crippen LogP contribution in [0.2, 0.25) is 0 Å². The summed E-state index contributed by atoms with van der Waals surface area (Å²) >= 11 is 0. The van der Waals surface area contributed by atoms with Crippen LogP contribution < -0.4 is 5.73 Å². The Morgan fingerprint density at radius 1 is 0.893 bits per heavy atom. The van der Waals surface area contributed by atoms with Crippen molar-refractivity contribution in [3.05, 3.63) is 89.7 Å². The van der Waals surface area contributed by atoms with Gasteiger partial charge in [-0.05, 0) is 35.7 Å². The maximum atomic E-state index is 14.0. The van der Waals surface area contributed by atoms with Crippen LogP contribution in [0.3, 0.4) is 0 Å². The second-order valence-electron chi connectivity index (χ2n) is 6.49. The summed E-state index contributed by atoms with van der Waals surface area (Å²) in [5.41, 5.74) is 7.38. The van der Waals surface area contributed by atoms with Gasteiger partial charge < -0.3 is 5.73 Å². The molecule has 0 saturated carbocycles. The number of nitrogens with zero attached hydrogens (tertiary/aromatic N) is 2. The van der Waals surface area contributed by atoms with E-state index in [0.29, 0.717) is 16.8 Å². The fourth-order valence-corrected chi connectivity index (χ4v) is 3.34. The molecule has 0 atom stereocenters. The standard InChI is InChI=1S/C22H16F3N3/c23-22(24,25)20-16(12-14-4-3-11-27-13-14)6-1-7-17(20)19-10-9-15-5-2-8-18(26)21(15)28-19/h1-11,13H,12,26H2. The molecule has 0 aliphatic rings. The molecule has 2 N–H and O–H groups in total. The van der Waals surface area contributed by atoms with Crippen molar-refractivity contribution >= 4 is 16.6 Å². The molecule has 0 spiro atoms. The monoisotopic (exact) mass is 379 g/mol. The first-order valence-electron chi connectivity index (χ1n) is 8.67. The van der Waals surface area contributed by atoms with E-state index < -0.39 is 11.7 Å². The van der Waals surface area contributed by atoms with Crippen molar-refractivity contribution in [2.75, 3.05) is 5.73 Å². The van der Waals surface area contributed by atoms with Crippen molar-refractivity contribution in [1.82, 2.24) is 9.97 Å². The molecule has 4 rings (SSSR count). The molecule has 3 nitrogen and oxygen atoms in total. The SMILES string of the molecule is Nc1cccc2ccc(-c3cccc(Cc4cccnc4)c3C(F)(F)F)nc12. The third-order valence-corrected chi connectivity index (χ3v) is 4.58. The molecule has 140 valence electrons. The van der Waals surface area contributed by atoms with Gasteiger partial charge in [0, 0.05) is 23.3 Å². The van der Waals surface area contributed by atoms with Crippen LogP contribution in [0.5, 0.6) is 0 Å². The number of benzene rings is 2. The normalized spacial score (nSPS) is 11.7. The van der Waals surface area contributed by atoms with Crippen LogP contribution in [0.4, 0.5) is 18.9 Å². The van der Waals surface area contributed by atoms with Crippen molar-refractivity contribution in [2.24, 2.45) is 0 Å². The van der Waals surface area contributed by atoms with E-state index >= 15 is 0 Å². The predicted octanol–water partition coefficient (Wildman–Crippen LogP) is 5.49. The first-order chi connectivity index (χ1) is 13.4. The van der Waals surface area contributed by atoms with E-state index in [2.05, 4.69) is 9.97 Å². The van der Waals surface area contributed by atoms with Crippen molar-refractivity contribution < 1.29 is 13.2 Å². The zero-order valence-corrected chi connectivity index (χ0v) is 14.7. The summed E-state index contributed by atoms with van der Waals surface area (Å²) in [6.45, 7) is 0. The molecule has 0 aliphatic carbocycles. The number of nitrogens with two attached hydrogens (primary N) is 1. The van der Waals surface area contributed by atoms with Crippen molar-refractivity contribution in [3.63, 3.8) is 0 Å². The van der Waals surface area contributed by atoms with Gasteiger partial charge in [0.15, 0.2) is 0 Å². The Labute approximate surface area is 159 Å². The molecule has 0 amide bonds. The van der Waals surface area contributed by atoms with Gasteiger partial charge >= 0.3 is 6.18 Å². The van der Waals surface area contributed by atoms with Crippen LogP contribution in [0.1, 0.15) is 16.7 Å². The Hall–Kier alpha value is -3.41. The molecule has 6 heteroatoms. The Morgan fingerprint density at radius 2 is 1.71 bits per heavy atom. The van der Waals surface area contributed by atoms with E-state index in [9.17, 15) is 13.2 Å². The minimum Gasteiger partial charge on any atom is -0.397 e. The number of rotatable bonds is 3. The highest BCUT2D eigenvalue weighted by Crippen LogP contribution is 2.40. The van der Waals surface area contributed by atoms with Crippen molar-refractivity contribution in [1.29, 1.82) is 0 Å². The number of hydrogen-bond donors (Lipinski definition) is 1. The molecule has 0 saturated heterocycles. The first-order valence-corrected chi connectivity index (χ1v) is 8.67. The number of hydrogen-bond acceptors (Lipinski definition) is 3. The van der Waals surface area contributed by atoms with Gasteiger partial charge in [-0.25, -0.2) is 4.98 Å². The molecule has 2 heterocycles. The summed E-state index contributed by atoms with van der Waals surface area (Å²) in [5, 5.41) is 0.781. The lowest BCUT2D eigenvalue weighted by atomic mass is 9.93. The second-order valence-corrected chi connectivity index (χ2v) is 6.49. The van der Waals surface area contributed by atoms with E-state index in [-0.39, 0.29) is 23.2 Å². The summed E-state index contributed by atoms with van der Waals surface area (Å²) in [6, 6.07) is 16.7. The second kappa shape index (κ2) is 6.96. The van der Waals surface area contributed by atoms with Crippen LogP contribution >= 0.6 is 0 Å². The molecule has 4 aromatic rings. The Kier molecular flexibility index (Phi) is 4.47. The van der Waals surface area contributed by atoms with Gasteiger partial charge in [0.2, 0.25) is 0 Å². The Bertz CT molecular complexity index is 1140. The highest BCUT2D eigenvalue weighted by atomic mass is 19.4. The summed E-state index contributed by atoms with van der Waals surface area (Å²) in [6.07, 6.45) is -1.23. The summed E-state index contributed by atoms with van der Waals surface area (Å²) < 4.78 is 42.1. The molecule has 0 fully saturated rings. The highest BCUT2D eigenvalue weighted by Gasteiger charge is 2.36. The minimum atomic E-state index is -4.52. The molecule has 0 bridgehead atoms. The molecule has 0 unspecified atom stereocenters. The van der Waals surface area contributed by atoms with Crippen LogP contribution in [0.15, 0.2) is 73.1 Å². The lowest BCUT2D eigenvalue weighted by molar-refractivity contribution is -0.137. The number of para-hydroxylation sites is 1. The quantitative estimate of drug-likeness (QED) is 0.479. The predicted molar refractivity (Wildman–Crippen MR) is 104 cm³/mol. The van der Waals surface area contributed by atoms with E-state index in [4.69, 9.17) is 5.73 Å². The van der Waals surface area contributed by atoms with E-state index in [1.165, 1.54) is 12.1 Å². The zero-order valence-electron chi connectivity index (χ0n) is 14.7. The summed E-state index contributed by atoms with van der Waals surface area (Å²) in [7, 11) is 0. The highest BCUT2D eigenvalue weighted by molar-refractivity contribution is 5.91. The number of aromatic nitrogens is 2. The Morgan fingerprint density at radius 3 is 2.46 bits per heavy atom. The molecular formula is C22H16F3N3. The van der Waals surface area contributed by atoms with Gasteiger partial charge in [-0.1, -0.05) is 42.5 Å². The molecule has 0 radical (unpaired) electrons. The van der Waals surface area contributed by atoms with Gasteiger partial charge in [0.25, 0.3) is 0 Å². The first kappa shape index (κ1) is 18.0.